The number of carboxylic acids is 1. The number of anilines is 1. The predicted molar refractivity (Wildman–Crippen MR) is 168 cm³/mol. The largest absolute Gasteiger partial charge is 0.481 e. The molecule has 0 aliphatic heterocycles. The van der Waals surface area contributed by atoms with Crippen molar-refractivity contribution >= 4 is 18.1 Å². The maximum absolute atomic E-state index is 13.8. The standard InChI is InChI=1S/C28H34FNO4.C7H7NO/c1-4-24-26(19-8-6-5-7-9-19)28(20-10-12-21(29)13-11-20)30(27(24)18(2)3)15-14-22(31)16-23(32)17-25(33)34;9-6-8-7-4-2-1-3-5-7/h5-13,18,22-23,31-32H,4,14-17H2,1-3H3,(H,33,34);1-6H,(H,8,9). The van der Waals surface area contributed by atoms with Crippen LogP contribution in [0.15, 0.2) is 84.9 Å². The predicted octanol–water partition coefficient (Wildman–Crippen LogP) is 6.88. The number of nitrogens with zero attached hydrogens (tertiary/aromatic N) is 1. The summed E-state index contributed by atoms with van der Waals surface area (Å²) in [6.07, 6.45) is -0.489. The van der Waals surface area contributed by atoms with Gasteiger partial charge in [0, 0.05) is 23.5 Å². The Morgan fingerprint density at radius 1 is 0.907 bits per heavy atom. The van der Waals surface area contributed by atoms with Gasteiger partial charge in [0.2, 0.25) is 6.41 Å². The fraction of sp³-hybridized carbons (Fsp3) is 0.314. The molecule has 4 rings (SSSR count). The minimum atomic E-state index is -1.09. The number of aliphatic hydroxyl groups is 2. The molecule has 4 N–H and O–H groups in total. The lowest BCUT2D eigenvalue weighted by Gasteiger charge is -2.20. The van der Waals surface area contributed by atoms with E-state index in [9.17, 15) is 24.2 Å². The molecule has 8 heteroatoms. The Bertz CT molecular complexity index is 1440. The van der Waals surface area contributed by atoms with Crippen molar-refractivity contribution in [3.05, 3.63) is 102 Å². The van der Waals surface area contributed by atoms with E-state index in [4.69, 9.17) is 5.11 Å². The van der Waals surface area contributed by atoms with E-state index < -0.39 is 24.6 Å². The van der Waals surface area contributed by atoms with Gasteiger partial charge in [0.1, 0.15) is 5.82 Å². The quantitative estimate of drug-likeness (QED) is 0.127. The van der Waals surface area contributed by atoms with Crippen LogP contribution in [0, 0.1) is 5.82 Å². The number of benzene rings is 3. The van der Waals surface area contributed by atoms with Crippen molar-refractivity contribution in [2.75, 3.05) is 5.32 Å². The topological polar surface area (TPSA) is 112 Å². The number of carbonyl (C=O) groups excluding carboxylic acids is 1. The smallest absolute Gasteiger partial charge is 0.305 e. The first-order valence-corrected chi connectivity index (χ1v) is 14.6. The lowest BCUT2D eigenvalue weighted by Crippen LogP contribution is -2.22. The SMILES string of the molecule is CCc1c(-c2ccccc2)c(-c2ccc(F)cc2)n(CCC(O)CC(O)CC(=O)O)c1C(C)C.O=CNc1ccccc1. The summed E-state index contributed by atoms with van der Waals surface area (Å²) in [6, 6.07) is 25.9. The second kappa shape index (κ2) is 16.4. The van der Waals surface area contributed by atoms with Crippen molar-refractivity contribution in [2.45, 2.75) is 71.1 Å². The van der Waals surface area contributed by atoms with Crippen LogP contribution in [-0.2, 0) is 22.6 Å². The molecule has 4 aromatic rings. The number of hydrogen-bond acceptors (Lipinski definition) is 4. The minimum absolute atomic E-state index is 0.00262. The first-order valence-electron chi connectivity index (χ1n) is 14.6. The third kappa shape index (κ3) is 9.36. The van der Waals surface area contributed by atoms with Crippen LogP contribution in [0.4, 0.5) is 10.1 Å². The van der Waals surface area contributed by atoms with Crippen molar-refractivity contribution in [1.29, 1.82) is 0 Å². The molecule has 43 heavy (non-hydrogen) atoms. The number of carbonyl (C=O) groups is 2. The third-order valence-corrected chi connectivity index (χ3v) is 7.13. The average Bonchev–Trinajstić information content (AvgIpc) is 3.32. The van der Waals surface area contributed by atoms with Gasteiger partial charge in [-0.2, -0.15) is 0 Å². The summed E-state index contributed by atoms with van der Waals surface area (Å²) in [7, 11) is 0. The number of hydrogen-bond donors (Lipinski definition) is 4. The Kier molecular flexibility index (Phi) is 12.7. The summed E-state index contributed by atoms with van der Waals surface area (Å²) in [5.41, 5.74) is 7.27. The molecule has 2 unspecified atom stereocenters. The van der Waals surface area contributed by atoms with Crippen LogP contribution in [0.2, 0.25) is 0 Å². The molecule has 0 aliphatic carbocycles. The Balaban J connectivity index is 0.000000480. The normalized spacial score (nSPS) is 12.3. The Morgan fingerprint density at radius 3 is 2.05 bits per heavy atom. The summed E-state index contributed by atoms with van der Waals surface area (Å²) >= 11 is 0. The maximum Gasteiger partial charge on any atom is 0.305 e. The van der Waals surface area contributed by atoms with Crippen molar-refractivity contribution in [3.63, 3.8) is 0 Å². The first kappa shape index (κ1) is 33.2. The molecule has 2 atom stereocenters. The molecule has 1 amide bonds. The zero-order chi connectivity index (χ0) is 31.4. The van der Waals surface area contributed by atoms with Crippen molar-refractivity contribution in [2.24, 2.45) is 0 Å². The number of rotatable bonds is 13. The molecule has 1 aromatic heterocycles. The molecule has 0 bridgehead atoms. The number of carboxylic acid groups (broad SMARTS) is 1. The highest BCUT2D eigenvalue weighted by atomic mass is 19.1. The maximum atomic E-state index is 13.8. The van der Waals surface area contributed by atoms with E-state index in [1.807, 2.05) is 48.5 Å². The fourth-order valence-corrected chi connectivity index (χ4v) is 5.36. The molecule has 228 valence electrons. The van der Waals surface area contributed by atoms with Crippen LogP contribution < -0.4 is 5.32 Å². The van der Waals surface area contributed by atoms with Crippen LogP contribution in [0.5, 0.6) is 0 Å². The van der Waals surface area contributed by atoms with Crippen LogP contribution in [0.25, 0.3) is 22.4 Å². The molecule has 0 aliphatic rings. The van der Waals surface area contributed by atoms with Crippen molar-refractivity contribution in [1.82, 2.24) is 4.57 Å². The van der Waals surface area contributed by atoms with E-state index in [-0.39, 0.29) is 18.2 Å². The van der Waals surface area contributed by atoms with E-state index in [0.29, 0.717) is 19.4 Å². The van der Waals surface area contributed by atoms with Crippen molar-refractivity contribution < 1.29 is 29.3 Å². The molecule has 0 saturated heterocycles. The van der Waals surface area contributed by atoms with Gasteiger partial charge in [-0.3, -0.25) is 9.59 Å². The molecule has 0 spiro atoms. The summed E-state index contributed by atoms with van der Waals surface area (Å²) in [4.78, 5) is 20.7. The van der Waals surface area contributed by atoms with Gasteiger partial charge in [-0.15, -0.1) is 0 Å². The molecule has 0 saturated carbocycles. The number of aliphatic hydroxyl groups excluding tert-OH is 2. The van der Waals surface area contributed by atoms with Gasteiger partial charge < -0.3 is 25.2 Å². The monoisotopic (exact) mass is 588 g/mol. The van der Waals surface area contributed by atoms with E-state index in [2.05, 4.69) is 42.8 Å². The number of para-hydroxylation sites is 1. The van der Waals surface area contributed by atoms with E-state index in [1.165, 1.54) is 23.4 Å². The van der Waals surface area contributed by atoms with Gasteiger partial charge in [-0.1, -0.05) is 69.3 Å². The Morgan fingerprint density at radius 2 is 1.51 bits per heavy atom. The average molecular weight is 589 g/mol. The van der Waals surface area contributed by atoms with E-state index in [0.717, 1.165) is 34.5 Å². The van der Waals surface area contributed by atoms with E-state index >= 15 is 0 Å². The van der Waals surface area contributed by atoms with Gasteiger partial charge in [0.25, 0.3) is 0 Å². The number of aliphatic carboxylic acids is 1. The lowest BCUT2D eigenvalue weighted by atomic mass is 9.94. The molecular formula is C35H41FN2O5. The molecular weight excluding hydrogens is 547 g/mol. The van der Waals surface area contributed by atoms with Crippen LogP contribution in [0.1, 0.15) is 57.2 Å². The molecule has 1 heterocycles. The van der Waals surface area contributed by atoms with Crippen LogP contribution >= 0.6 is 0 Å². The summed E-state index contributed by atoms with van der Waals surface area (Å²) in [6.45, 7) is 6.90. The van der Waals surface area contributed by atoms with Gasteiger partial charge >= 0.3 is 5.97 Å². The Hall–Kier alpha value is -4.27. The number of halogens is 1. The highest BCUT2D eigenvalue weighted by Gasteiger charge is 2.26. The molecule has 0 radical (unpaired) electrons. The van der Waals surface area contributed by atoms with Gasteiger partial charge in [0.05, 0.1) is 24.3 Å². The highest BCUT2D eigenvalue weighted by Crippen LogP contribution is 2.42. The van der Waals surface area contributed by atoms with Crippen LogP contribution in [0.3, 0.4) is 0 Å². The zero-order valence-electron chi connectivity index (χ0n) is 24.9. The van der Waals surface area contributed by atoms with Gasteiger partial charge in [-0.25, -0.2) is 4.39 Å². The second-order valence-corrected chi connectivity index (χ2v) is 10.7. The van der Waals surface area contributed by atoms with Gasteiger partial charge in [-0.05, 0) is 78.3 Å². The fourth-order valence-electron chi connectivity index (χ4n) is 5.36. The number of aromatic nitrogens is 1. The van der Waals surface area contributed by atoms with Crippen molar-refractivity contribution in [3.8, 4) is 22.4 Å². The third-order valence-electron chi connectivity index (χ3n) is 7.13. The molecule has 0 fully saturated rings. The summed E-state index contributed by atoms with van der Waals surface area (Å²) < 4.78 is 16.0. The van der Waals surface area contributed by atoms with Crippen LogP contribution in [-0.4, -0.2) is 44.5 Å². The molecule has 7 nitrogen and oxygen atoms in total. The second-order valence-electron chi connectivity index (χ2n) is 10.7. The summed E-state index contributed by atoms with van der Waals surface area (Å²) in [5, 5.41) is 31.9. The minimum Gasteiger partial charge on any atom is -0.481 e. The summed E-state index contributed by atoms with van der Waals surface area (Å²) in [5.74, 6) is -1.18. The highest BCUT2D eigenvalue weighted by molar-refractivity contribution is 5.86. The lowest BCUT2D eigenvalue weighted by molar-refractivity contribution is -0.139. The zero-order valence-corrected chi connectivity index (χ0v) is 24.9. The van der Waals surface area contributed by atoms with Gasteiger partial charge in [0.15, 0.2) is 0 Å². The van der Waals surface area contributed by atoms with E-state index in [1.54, 1.807) is 12.1 Å². The Labute approximate surface area is 252 Å². The number of nitrogens with one attached hydrogen (secondary N) is 1. The number of amides is 1. The molecule has 3 aromatic carbocycles. The first-order chi connectivity index (χ1) is 20.7.